The minimum Gasteiger partial charge on any atom is -0.462 e. The van der Waals surface area contributed by atoms with Crippen LogP contribution in [0.2, 0.25) is 0 Å². The maximum absolute atomic E-state index is 12.0. The van der Waals surface area contributed by atoms with Crippen LogP contribution in [0.4, 0.5) is 5.13 Å². The molecule has 2 N–H and O–H groups in total. The number of hydrogen-bond donors (Lipinski definition) is 1. The van der Waals surface area contributed by atoms with Gasteiger partial charge in [-0.2, -0.15) is 0 Å². The molecule has 3 aromatic rings. The zero-order valence-corrected chi connectivity index (χ0v) is 13.9. The number of para-hydroxylation sites is 1. The molecule has 3 rings (SSSR count). The molecule has 0 saturated heterocycles. The van der Waals surface area contributed by atoms with Crippen LogP contribution in [-0.2, 0) is 4.74 Å². The number of anilines is 1. The fourth-order valence-electron chi connectivity index (χ4n) is 2.17. The molecular formula is C18H16N2O3S. The highest BCUT2D eigenvalue weighted by atomic mass is 32.1. The van der Waals surface area contributed by atoms with Crippen LogP contribution < -0.4 is 10.5 Å². The van der Waals surface area contributed by atoms with Gasteiger partial charge < -0.3 is 15.2 Å². The predicted octanol–water partition coefficient (Wildman–Crippen LogP) is 4.36. The molecular weight excluding hydrogens is 324 g/mol. The molecule has 24 heavy (non-hydrogen) atoms. The smallest absolute Gasteiger partial charge is 0.350 e. The van der Waals surface area contributed by atoms with Gasteiger partial charge >= 0.3 is 5.97 Å². The van der Waals surface area contributed by atoms with Crippen molar-refractivity contribution in [3.05, 3.63) is 59.5 Å². The van der Waals surface area contributed by atoms with Gasteiger partial charge in [-0.05, 0) is 43.3 Å². The summed E-state index contributed by atoms with van der Waals surface area (Å²) in [4.78, 5) is 16.7. The second kappa shape index (κ2) is 7.14. The Labute approximate surface area is 143 Å². The van der Waals surface area contributed by atoms with Crippen LogP contribution in [0.3, 0.4) is 0 Å². The second-order valence-electron chi connectivity index (χ2n) is 4.89. The lowest BCUT2D eigenvalue weighted by molar-refractivity contribution is 0.0532. The lowest BCUT2D eigenvalue weighted by Gasteiger charge is -2.06. The highest BCUT2D eigenvalue weighted by molar-refractivity contribution is 7.17. The largest absolute Gasteiger partial charge is 0.462 e. The van der Waals surface area contributed by atoms with Gasteiger partial charge in [-0.3, -0.25) is 0 Å². The number of nitrogen functional groups attached to an aromatic ring is 1. The molecule has 6 heteroatoms. The molecule has 0 unspecified atom stereocenters. The summed E-state index contributed by atoms with van der Waals surface area (Å²) in [6.07, 6.45) is 0. The van der Waals surface area contributed by atoms with E-state index < -0.39 is 5.97 Å². The third-order valence-electron chi connectivity index (χ3n) is 3.21. The Morgan fingerprint density at radius 1 is 1.08 bits per heavy atom. The molecule has 0 aliphatic rings. The Morgan fingerprint density at radius 2 is 1.75 bits per heavy atom. The van der Waals surface area contributed by atoms with Crippen LogP contribution in [0.1, 0.15) is 16.6 Å². The number of benzene rings is 2. The third-order valence-corrected chi connectivity index (χ3v) is 4.08. The van der Waals surface area contributed by atoms with Gasteiger partial charge in [-0.1, -0.05) is 29.5 Å². The summed E-state index contributed by atoms with van der Waals surface area (Å²) in [7, 11) is 0. The van der Waals surface area contributed by atoms with Crippen molar-refractivity contribution >= 4 is 22.4 Å². The lowest BCUT2D eigenvalue weighted by Crippen LogP contribution is -2.03. The summed E-state index contributed by atoms with van der Waals surface area (Å²) in [5, 5.41) is 0.331. The van der Waals surface area contributed by atoms with Gasteiger partial charge in [-0.15, -0.1) is 0 Å². The number of aromatic nitrogens is 1. The number of nitrogens with two attached hydrogens (primary N) is 1. The Balaban J connectivity index is 1.85. The third kappa shape index (κ3) is 3.55. The first-order chi connectivity index (χ1) is 11.7. The van der Waals surface area contributed by atoms with Crippen LogP contribution in [-0.4, -0.2) is 17.6 Å². The van der Waals surface area contributed by atoms with Gasteiger partial charge in [0.05, 0.1) is 12.3 Å². The minimum atomic E-state index is -0.411. The van der Waals surface area contributed by atoms with Gasteiger partial charge in [0, 0.05) is 5.56 Å². The van der Waals surface area contributed by atoms with Gasteiger partial charge in [0.25, 0.3) is 0 Å². The zero-order chi connectivity index (χ0) is 16.9. The Kier molecular flexibility index (Phi) is 4.77. The van der Waals surface area contributed by atoms with Crippen molar-refractivity contribution in [2.75, 3.05) is 12.3 Å². The van der Waals surface area contributed by atoms with E-state index in [1.165, 1.54) is 0 Å². The second-order valence-corrected chi connectivity index (χ2v) is 5.92. The summed E-state index contributed by atoms with van der Waals surface area (Å²) in [6.45, 7) is 2.07. The fraction of sp³-hybridized carbons (Fsp3) is 0.111. The van der Waals surface area contributed by atoms with Crippen molar-refractivity contribution in [1.29, 1.82) is 0 Å². The van der Waals surface area contributed by atoms with Crippen LogP contribution >= 0.6 is 11.3 Å². The van der Waals surface area contributed by atoms with Crippen molar-refractivity contribution < 1.29 is 14.3 Å². The maximum atomic E-state index is 12.0. The molecule has 0 amide bonds. The Hall–Kier alpha value is -2.86. The van der Waals surface area contributed by atoms with Crippen LogP contribution in [0.25, 0.3) is 11.3 Å². The summed E-state index contributed by atoms with van der Waals surface area (Å²) >= 11 is 1.12. The average molecular weight is 340 g/mol. The van der Waals surface area contributed by atoms with E-state index in [4.69, 9.17) is 15.2 Å². The first-order valence-electron chi connectivity index (χ1n) is 7.44. The van der Waals surface area contributed by atoms with Crippen molar-refractivity contribution in [1.82, 2.24) is 4.98 Å². The number of thiazole rings is 1. The average Bonchev–Trinajstić information content (AvgIpc) is 2.99. The molecule has 2 aromatic carbocycles. The van der Waals surface area contributed by atoms with E-state index in [1.807, 2.05) is 54.6 Å². The zero-order valence-electron chi connectivity index (χ0n) is 13.1. The van der Waals surface area contributed by atoms with Crippen molar-refractivity contribution in [2.45, 2.75) is 6.92 Å². The molecule has 0 aliphatic heterocycles. The normalized spacial score (nSPS) is 10.4. The number of hydrogen-bond acceptors (Lipinski definition) is 6. The van der Waals surface area contributed by atoms with Crippen molar-refractivity contribution in [3.63, 3.8) is 0 Å². The monoisotopic (exact) mass is 340 g/mol. The quantitative estimate of drug-likeness (QED) is 0.698. The van der Waals surface area contributed by atoms with E-state index in [9.17, 15) is 4.79 Å². The number of carbonyl (C=O) groups excluding carboxylic acids is 1. The van der Waals surface area contributed by atoms with Gasteiger partial charge in [0.2, 0.25) is 0 Å². The van der Waals surface area contributed by atoms with Crippen molar-refractivity contribution in [2.24, 2.45) is 0 Å². The molecule has 122 valence electrons. The van der Waals surface area contributed by atoms with E-state index >= 15 is 0 Å². The maximum Gasteiger partial charge on any atom is 0.350 e. The number of ether oxygens (including phenoxy) is 2. The van der Waals surface area contributed by atoms with E-state index in [0.29, 0.717) is 28.1 Å². The number of nitrogens with zero attached hydrogens (tertiary/aromatic N) is 1. The number of rotatable bonds is 5. The summed E-state index contributed by atoms with van der Waals surface area (Å²) < 4.78 is 10.8. The van der Waals surface area contributed by atoms with E-state index in [0.717, 1.165) is 22.6 Å². The van der Waals surface area contributed by atoms with Gasteiger partial charge in [0.1, 0.15) is 16.4 Å². The van der Waals surface area contributed by atoms with Crippen molar-refractivity contribution in [3.8, 4) is 22.8 Å². The Morgan fingerprint density at radius 3 is 2.42 bits per heavy atom. The topological polar surface area (TPSA) is 74.4 Å². The number of carbonyl (C=O) groups is 1. The van der Waals surface area contributed by atoms with Crippen LogP contribution in [0.5, 0.6) is 11.5 Å². The van der Waals surface area contributed by atoms with Crippen LogP contribution in [0.15, 0.2) is 54.6 Å². The first-order valence-corrected chi connectivity index (χ1v) is 8.25. The fourth-order valence-corrected chi connectivity index (χ4v) is 2.92. The van der Waals surface area contributed by atoms with E-state index in [2.05, 4.69) is 4.98 Å². The summed E-state index contributed by atoms with van der Waals surface area (Å²) in [6, 6.07) is 16.9. The molecule has 5 nitrogen and oxygen atoms in total. The molecule has 0 spiro atoms. The summed E-state index contributed by atoms with van der Waals surface area (Å²) in [5.41, 5.74) is 7.07. The first kappa shape index (κ1) is 16.0. The molecule has 1 heterocycles. The molecule has 0 aliphatic carbocycles. The lowest BCUT2D eigenvalue weighted by atomic mass is 10.1. The molecule has 0 saturated carbocycles. The molecule has 0 bridgehead atoms. The highest BCUT2D eigenvalue weighted by Crippen LogP contribution is 2.32. The van der Waals surface area contributed by atoms with E-state index in [-0.39, 0.29) is 0 Å². The number of esters is 1. The minimum absolute atomic E-state index is 0.305. The SMILES string of the molecule is CCOC(=O)c1sc(N)nc1-c1ccc(Oc2ccccc2)cc1. The highest BCUT2D eigenvalue weighted by Gasteiger charge is 2.19. The van der Waals surface area contributed by atoms with E-state index in [1.54, 1.807) is 6.92 Å². The summed E-state index contributed by atoms with van der Waals surface area (Å²) in [5.74, 6) is 1.05. The standard InChI is InChI=1S/C18H16N2O3S/c1-2-22-17(21)16-15(20-18(19)24-16)12-8-10-14(11-9-12)23-13-6-4-3-5-7-13/h3-11H,2H2,1H3,(H2,19,20). The molecule has 0 atom stereocenters. The van der Waals surface area contributed by atoms with Gasteiger partial charge in [0.15, 0.2) is 5.13 Å². The van der Waals surface area contributed by atoms with Crippen LogP contribution in [0, 0.1) is 0 Å². The molecule has 0 fully saturated rings. The molecule has 0 radical (unpaired) electrons. The van der Waals surface area contributed by atoms with Gasteiger partial charge in [-0.25, -0.2) is 9.78 Å². The predicted molar refractivity (Wildman–Crippen MR) is 94.4 cm³/mol. The molecule has 1 aromatic heterocycles. The Bertz CT molecular complexity index is 829.